The third-order valence-electron chi connectivity index (χ3n) is 7.62. The molecule has 4 rings (SSSR count). The number of hydrogen-bond donors (Lipinski definition) is 0. The molecule has 3 fully saturated rings. The van der Waals surface area contributed by atoms with E-state index >= 15 is 0 Å². The zero-order valence-corrected chi connectivity index (χ0v) is 15.1. The molecule has 23 heavy (non-hydrogen) atoms. The Kier molecular flexibility index (Phi) is 3.79. The third kappa shape index (κ3) is 2.29. The molecule has 126 valence electrons. The predicted octanol–water partition coefficient (Wildman–Crippen LogP) is 5.67. The average Bonchev–Trinajstić information content (AvgIpc) is 2.91. The number of alkyl halides is 1. The smallest absolute Gasteiger partial charge is 0.191 e. The fraction of sp³-hybridized carbons (Fsp3) is 0.750. The largest absolute Gasteiger partial charge is 0.289 e. The van der Waals surface area contributed by atoms with Gasteiger partial charge in [0.25, 0.3) is 0 Å². The van der Waals surface area contributed by atoms with Gasteiger partial charge in [-0.1, -0.05) is 43.7 Å². The van der Waals surface area contributed by atoms with E-state index in [-0.39, 0.29) is 11.2 Å². The minimum Gasteiger partial charge on any atom is -0.289 e. The molecule has 3 heteroatoms. The summed E-state index contributed by atoms with van der Waals surface area (Å²) in [5, 5.41) is 0. The van der Waals surface area contributed by atoms with Crippen LogP contribution in [0.4, 0.5) is 4.39 Å². The Balaban J connectivity index is 1.70. The zero-order valence-electron chi connectivity index (χ0n) is 14.2. The highest BCUT2D eigenvalue weighted by Gasteiger charge is 2.55. The maximum absolute atomic E-state index is 12.8. The van der Waals surface area contributed by atoms with Gasteiger partial charge in [-0.15, -0.1) is 0 Å². The maximum atomic E-state index is 12.8. The highest BCUT2D eigenvalue weighted by molar-refractivity contribution is 8.03. The quantitative estimate of drug-likeness (QED) is 0.647. The first-order valence-electron chi connectivity index (χ1n) is 9.15. The lowest BCUT2D eigenvalue weighted by molar-refractivity contribution is -0.111. The van der Waals surface area contributed by atoms with Crippen LogP contribution < -0.4 is 0 Å². The van der Waals surface area contributed by atoms with Gasteiger partial charge in [0.2, 0.25) is 0 Å². The van der Waals surface area contributed by atoms with E-state index in [9.17, 15) is 9.18 Å². The molecule has 5 atom stereocenters. The summed E-state index contributed by atoms with van der Waals surface area (Å²) in [7, 11) is 0. The van der Waals surface area contributed by atoms with E-state index in [1.807, 2.05) is 6.08 Å². The third-order valence-corrected chi connectivity index (χ3v) is 8.36. The van der Waals surface area contributed by atoms with Gasteiger partial charge in [-0.05, 0) is 67.8 Å². The van der Waals surface area contributed by atoms with Crippen LogP contribution in [0.2, 0.25) is 0 Å². The van der Waals surface area contributed by atoms with Crippen molar-refractivity contribution in [2.75, 3.05) is 6.01 Å². The van der Waals surface area contributed by atoms with Crippen molar-refractivity contribution in [3.8, 4) is 0 Å². The number of rotatable bonds is 2. The Morgan fingerprint density at radius 1 is 1.22 bits per heavy atom. The van der Waals surface area contributed by atoms with Gasteiger partial charge in [-0.2, -0.15) is 0 Å². The average molecular weight is 335 g/mol. The molecule has 4 aliphatic carbocycles. The Labute approximate surface area is 143 Å². The lowest BCUT2D eigenvalue weighted by Gasteiger charge is -2.56. The highest BCUT2D eigenvalue weighted by Crippen LogP contribution is 2.64. The van der Waals surface area contributed by atoms with Crippen LogP contribution in [0.1, 0.15) is 58.8 Å². The van der Waals surface area contributed by atoms with Crippen LogP contribution >= 0.6 is 11.8 Å². The number of fused-ring (bicyclic) bond motifs is 5. The normalized spacial score (nSPS) is 45.7. The summed E-state index contributed by atoms with van der Waals surface area (Å²) < 4.78 is 12.8. The van der Waals surface area contributed by atoms with Crippen LogP contribution in [0.25, 0.3) is 0 Å². The molecule has 0 amide bonds. The Morgan fingerprint density at radius 3 is 2.83 bits per heavy atom. The second-order valence-electron chi connectivity index (χ2n) is 8.58. The first-order valence-corrected chi connectivity index (χ1v) is 10.1. The van der Waals surface area contributed by atoms with Crippen LogP contribution in [0.15, 0.2) is 22.6 Å². The van der Waals surface area contributed by atoms with Crippen molar-refractivity contribution in [2.24, 2.45) is 28.6 Å². The van der Waals surface area contributed by atoms with Gasteiger partial charge in [0, 0.05) is 5.41 Å². The molecule has 0 aliphatic heterocycles. The summed E-state index contributed by atoms with van der Waals surface area (Å²) in [6, 6.07) is -0.508. The molecule has 0 unspecified atom stereocenters. The van der Waals surface area contributed by atoms with Crippen LogP contribution in [-0.4, -0.2) is 11.8 Å². The van der Waals surface area contributed by atoms with E-state index in [0.29, 0.717) is 16.2 Å². The molecular weight excluding hydrogens is 307 g/mol. The molecule has 1 nitrogen and oxygen atoms in total. The summed E-state index contributed by atoms with van der Waals surface area (Å²) >= 11 is 1.07. The van der Waals surface area contributed by atoms with E-state index in [1.54, 1.807) is 0 Å². The number of ketones is 1. The van der Waals surface area contributed by atoms with Crippen LogP contribution in [-0.2, 0) is 4.79 Å². The fourth-order valence-electron chi connectivity index (χ4n) is 6.43. The standard InChI is InChI=1S/C20H27FOS/c1-19-8-3-4-15(19)14-6-5-13-10-17(22)18(23-12-21)11-20(13,2)16(14)7-9-19/h10-11,14-16H,3-9,12H2,1-2H3/t14-,15-,16-,19-,20-/m0/s1. The molecule has 0 heterocycles. The Hall–Kier alpha value is -0.570. The topological polar surface area (TPSA) is 17.1 Å². The Bertz CT molecular complexity index is 594. The minimum atomic E-state index is -0.508. The molecule has 0 saturated heterocycles. The predicted molar refractivity (Wildman–Crippen MR) is 93.7 cm³/mol. The molecule has 4 aliphatic rings. The minimum absolute atomic E-state index is 0.0156. The number of hydrogen-bond acceptors (Lipinski definition) is 2. The van der Waals surface area contributed by atoms with Crippen LogP contribution in [0, 0.1) is 28.6 Å². The van der Waals surface area contributed by atoms with E-state index in [0.717, 1.165) is 30.0 Å². The molecule has 0 aromatic rings. The summed E-state index contributed by atoms with van der Waals surface area (Å²) in [5.74, 6) is 2.32. The van der Waals surface area contributed by atoms with Crippen molar-refractivity contribution < 1.29 is 9.18 Å². The van der Waals surface area contributed by atoms with Gasteiger partial charge >= 0.3 is 0 Å². The van der Waals surface area contributed by atoms with E-state index in [1.165, 1.54) is 44.1 Å². The molecular formula is C20H27FOS. The fourth-order valence-corrected chi connectivity index (χ4v) is 7.08. The van der Waals surface area contributed by atoms with E-state index in [2.05, 4.69) is 19.9 Å². The van der Waals surface area contributed by atoms with Crippen molar-refractivity contribution >= 4 is 17.5 Å². The van der Waals surface area contributed by atoms with Gasteiger partial charge in [0.05, 0.1) is 4.91 Å². The van der Waals surface area contributed by atoms with E-state index in [4.69, 9.17) is 0 Å². The number of carbonyl (C=O) groups excluding carboxylic acids is 1. The van der Waals surface area contributed by atoms with Gasteiger partial charge in [-0.3, -0.25) is 4.79 Å². The van der Waals surface area contributed by atoms with Gasteiger partial charge in [-0.25, -0.2) is 4.39 Å². The first-order chi connectivity index (χ1) is 11.0. The van der Waals surface area contributed by atoms with Crippen molar-refractivity contribution in [2.45, 2.75) is 58.8 Å². The van der Waals surface area contributed by atoms with Gasteiger partial charge in [0.1, 0.15) is 6.01 Å². The monoisotopic (exact) mass is 334 g/mol. The molecule has 0 radical (unpaired) electrons. The van der Waals surface area contributed by atoms with E-state index < -0.39 is 6.01 Å². The van der Waals surface area contributed by atoms with Gasteiger partial charge < -0.3 is 0 Å². The highest BCUT2D eigenvalue weighted by atomic mass is 32.2. The molecule has 3 saturated carbocycles. The van der Waals surface area contributed by atoms with Crippen LogP contribution in [0.3, 0.4) is 0 Å². The molecule has 0 aromatic heterocycles. The van der Waals surface area contributed by atoms with Crippen molar-refractivity contribution in [3.05, 3.63) is 22.6 Å². The summed E-state index contributed by atoms with van der Waals surface area (Å²) in [6.45, 7) is 4.83. The molecule has 0 aromatic carbocycles. The zero-order chi connectivity index (χ0) is 16.2. The molecule has 0 spiro atoms. The van der Waals surface area contributed by atoms with Gasteiger partial charge in [0.15, 0.2) is 5.78 Å². The van der Waals surface area contributed by atoms with Crippen LogP contribution in [0.5, 0.6) is 0 Å². The van der Waals surface area contributed by atoms with Crippen molar-refractivity contribution in [1.82, 2.24) is 0 Å². The lowest BCUT2D eigenvalue weighted by Crippen LogP contribution is -2.48. The summed E-state index contributed by atoms with van der Waals surface area (Å²) in [5.41, 5.74) is 1.86. The number of allylic oxidation sites excluding steroid dienone is 4. The molecule has 0 N–H and O–H groups in total. The summed E-state index contributed by atoms with van der Waals surface area (Å²) in [6.07, 6.45) is 13.1. The number of carbonyl (C=O) groups is 1. The lowest BCUT2D eigenvalue weighted by atomic mass is 9.48. The SMILES string of the molecule is C[C@@]12CCC[C@H]1[C@@H]1CCC3=CC(=O)C(SCF)=C[C@]3(C)[C@H]1CC2. The van der Waals surface area contributed by atoms with Crippen molar-refractivity contribution in [1.29, 1.82) is 0 Å². The summed E-state index contributed by atoms with van der Waals surface area (Å²) in [4.78, 5) is 12.9. The van der Waals surface area contributed by atoms with Crippen molar-refractivity contribution in [3.63, 3.8) is 0 Å². The second kappa shape index (κ2) is 5.47. The Morgan fingerprint density at radius 2 is 2.04 bits per heavy atom. The molecule has 0 bridgehead atoms. The maximum Gasteiger partial charge on any atom is 0.191 e. The number of halogens is 1. The first kappa shape index (κ1) is 15.9. The second-order valence-corrected chi connectivity index (χ2v) is 9.53. The number of thioether (sulfide) groups is 1.